The molecule has 2 amide bonds. The van der Waals surface area contributed by atoms with Crippen LogP contribution in [0.15, 0.2) is 24.3 Å². The van der Waals surface area contributed by atoms with Crippen molar-refractivity contribution >= 4 is 30.7 Å². The lowest BCUT2D eigenvalue weighted by Crippen LogP contribution is -2.55. The topological polar surface area (TPSA) is 106 Å². The summed E-state index contributed by atoms with van der Waals surface area (Å²) < 4.78 is 17.3. The lowest BCUT2D eigenvalue weighted by atomic mass is 9.75. The van der Waals surface area contributed by atoms with E-state index in [2.05, 4.69) is 10.6 Å². The van der Waals surface area contributed by atoms with Crippen molar-refractivity contribution in [2.24, 2.45) is 0 Å². The number of carbonyl (C=O) groups is 2. The van der Waals surface area contributed by atoms with Crippen molar-refractivity contribution in [1.82, 2.24) is 10.6 Å². The van der Waals surface area contributed by atoms with Crippen molar-refractivity contribution in [2.45, 2.75) is 70.1 Å². The molecule has 1 heterocycles. The first-order valence-corrected chi connectivity index (χ1v) is 10.7. The normalized spacial score (nSPS) is 19.0. The Labute approximate surface area is 189 Å². The molecule has 0 bridgehead atoms. The molecule has 0 saturated carbocycles. The second kappa shape index (κ2) is 10.7. The van der Waals surface area contributed by atoms with E-state index in [0.29, 0.717) is 11.4 Å². The summed E-state index contributed by atoms with van der Waals surface area (Å²) in [5, 5.41) is 14.8. The number of aryl methyl sites for hydroxylation is 1. The summed E-state index contributed by atoms with van der Waals surface area (Å²) in [6.45, 7) is 7.68. The first-order valence-electron chi connectivity index (χ1n) is 10.3. The molecule has 0 unspecified atom stereocenters. The highest BCUT2D eigenvalue weighted by Gasteiger charge is 2.54. The zero-order valence-electron chi connectivity index (χ0n) is 18.7. The maximum atomic E-state index is 12.8. The fraction of sp³-hybridized carbons (Fsp3) is 0.619. The summed E-state index contributed by atoms with van der Waals surface area (Å²) in [6.07, 6.45) is 0.783. The van der Waals surface area contributed by atoms with Gasteiger partial charge in [0.25, 0.3) is 0 Å². The highest BCUT2D eigenvalue weighted by molar-refractivity contribution is 6.48. The fourth-order valence-corrected chi connectivity index (χ4v) is 3.54. The van der Waals surface area contributed by atoms with E-state index in [0.717, 1.165) is 18.4 Å². The van der Waals surface area contributed by atoms with Gasteiger partial charge in [-0.2, -0.15) is 0 Å². The molecule has 1 aliphatic heterocycles. The highest BCUT2D eigenvalue weighted by atomic mass is 35.5. The minimum Gasteiger partial charge on any atom is -0.465 e. The molecule has 1 saturated heterocycles. The number of benzene rings is 1. The second-order valence-electron chi connectivity index (χ2n) is 8.72. The first kappa shape index (κ1) is 25.5. The molecular formula is C21H32BClN2O6. The van der Waals surface area contributed by atoms with Crippen LogP contribution in [0.1, 0.15) is 46.1 Å². The number of amides is 2. The van der Waals surface area contributed by atoms with E-state index in [1.807, 2.05) is 52.0 Å². The van der Waals surface area contributed by atoms with Gasteiger partial charge in [0.15, 0.2) is 0 Å². The molecule has 1 aromatic carbocycles. The van der Waals surface area contributed by atoms with Gasteiger partial charge in [0.2, 0.25) is 5.91 Å². The molecule has 8 nitrogen and oxygen atoms in total. The summed E-state index contributed by atoms with van der Waals surface area (Å²) in [5.41, 5.74) is -0.0196. The summed E-state index contributed by atoms with van der Waals surface area (Å²) in [6, 6.07) is 6.59. The SMILES string of the molecule is COC[C@@H](NC(=O)O)C(=O)N[C@@H](CCCc1cccc(Cl)c1)B1OC(C)(C)C(C)(C)O1. The van der Waals surface area contributed by atoms with Gasteiger partial charge < -0.3 is 29.8 Å². The molecule has 2 rings (SSSR count). The minimum absolute atomic E-state index is 0.0866. The fourth-order valence-electron chi connectivity index (χ4n) is 3.33. The van der Waals surface area contributed by atoms with Crippen LogP contribution in [-0.4, -0.2) is 61.1 Å². The number of halogens is 1. The van der Waals surface area contributed by atoms with Gasteiger partial charge in [0, 0.05) is 12.1 Å². The molecule has 0 spiro atoms. The van der Waals surface area contributed by atoms with Crippen LogP contribution < -0.4 is 10.6 Å². The van der Waals surface area contributed by atoms with Crippen LogP contribution in [0.3, 0.4) is 0 Å². The Kier molecular flexibility index (Phi) is 8.77. The number of carboxylic acid groups (broad SMARTS) is 1. The smallest absolute Gasteiger partial charge is 0.465 e. The highest BCUT2D eigenvalue weighted by Crippen LogP contribution is 2.38. The van der Waals surface area contributed by atoms with Crippen LogP contribution >= 0.6 is 11.6 Å². The molecule has 0 radical (unpaired) electrons. The van der Waals surface area contributed by atoms with Crippen LogP contribution in [0, 0.1) is 0 Å². The van der Waals surface area contributed by atoms with Crippen molar-refractivity contribution in [2.75, 3.05) is 13.7 Å². The third-order valence-electron chi connectivity index (χ3n) is 5.74. The Morgan fingerprint density at radius 1 is 1.19 bits per heavy atom. The summed E-state index contributed by atoms with van der Waals surface area (Å²) in [4.78, 5) is 23.8. The first-order chi connectivity index (χ1) is 14.4. The van der Waals surface area contributed by atoms with Crippen LogP contribution in [0.25, 0.3) is 0 Å². The van der Waals surface area contributed by atoms with Gasteiger partial charge in [-0.1, -0.05) is 23.7 Å². The number of ether oxygens (including phenoxy) is 1. The number of hydrogen-bond donors (Lipinski definition) is 3. The Morgan fingerprint density at radius 3 is 2.39 bits per heavy atom. The van der Waals surface area contributed by atoms with Gasteiger partial charge in [-0.3, -0.25) is 4.79 Å². The van der Waals surface area contributed by atoms with Crippen molar-refractivity contribution in [3.8, 4) is 0 Å². The van der Waals surface area contributed by atoms with E-state index in [4.69, 9.17) is 30.8 Å². The number of methoxy groups -OCH3 is 1. The van der Waals surface area contributed by atoms with E-state index >= 15 is 0 Å². The van der Waals surface area contributed by atoms with E-state index < -0.39 is 42.3 Å². The number of nitrogens with one attached hydrogen (secondary N) is 2. The van der Waals surface area contributed by atoms with Crippen molar-refractivity contribution in [3.63, 3.8) is 0 Å². The van der Waals surface area contributed by atoms with Gasteiger partial charge in [0.05, 0.1) is 23.8 Å². The molecule has 1 aromatic rings. The van der Waals surface area contributed by atoms with Crippen LogP contribution in [0.2, 0.25) is 5.02 Å². The van der Waals surface area contributed by atoms with Crippen molar-refractivity contribution < 1.29 is 28.7 Å². The van der Waals surface area contributed by atoms with Gasteiger partial charge >= 0.3 is 13.2 Å². The molecule has 0 aliphatic carbocycles. The quantitative estimate of drug-likeness (QED) is 0.469. The maximum absolute atomic E-state index is 12.8. The van der Waals surface area contributed by atoms with Gasteiger partial charge in [-0.15, -0.1) is 0 Å². The minimum atomic E-state index is -1.30. The number of rotatable bonds is 10. The second-order valence-corrected chi connectivity index (χ2v) is 9.16. The standard InChI is InChI=1S/C21H32BClN2O6/c1-20(2)21(3,4)31-22(30-20)17(11-7-9-14-8-6-10-15(23)12-14)25-18(26)16(13-29-5)24-19(27)28/h6,8,10,12,16-17,24H,7,9,11,13H2,1-5H3,(H,25,26)(H,27,28)/t16-,17+/m1/s1. The van der Waals surface area contributed by atoms with E-state index in [1.165, 1.54) is 7.11 Å². The lowest BCUT2D eigenvalue weighted by Gasteiger charge is -2.32. The maximum Gasteiger partial charge on any atom is 0.481 e. The third-order valence-corrected chi connectivity index (χ3v) is 5.98. The van der Waals surface area contributed by atoms with Crippen LogP contribution in [0.4, 0.5) is 4.79 Å². The molecule has 3 N–H and O–H groups in total. The van der Waals surface area contributed by atoms with E-state index in [-0.39, 0.29) is 6.61 Å². The average Bonchev–Trinajstić information content (AvgIpc) is 2.87. The Bertz CT molecular complexity index is 760. The number of carbonyl (C=O) groups excluding carboxylic acids is 1. The number of hydrogen-bond acceptors (Lipinski definition) is 5. The summed E-state index contributed by atoms with van der Waals surface area (Å²) in [5.74, 6) is -0.964. The third kappa shape index (κ3) is 7.10. The molecule has 1 aliphatic rings. The predicted octanol–water partition coefficient (Wildman–Crippen LogP) is 3.06. The summed E-state index contributed by atoms with van der Waals surface area (Å²) >= 11 is 6.06. The van der Waals surface area contributed by atoms with Gasteiger partial charge in [-0.25, -0.2) is 4.79 Å². The largest absolute Gasteiger partial charge is 0.481 e. The Balaban J connectivity index is 2.11. The van der Waals surface area contributed by atoms with Crippen LogP contribution in [-0.2, 0) is 25.3 Å². The molecule has 31 heavy (non-hydrogen) atoms. The molecule has 1 fully saturated rings. The molecule has 172 valence electrons. The molecular weight excluding hydrogens is 423 g/mol. The average molecular weight is 455 g/mol. The van der Waals surface area contributed by atoms with Crippen molar-refractivity contribution in [3.05, 3.63) is 34.9 Å². The molecule has 10 heteroatoms. The zero-order chi connectivity index (χ0) is 23.2. The molecule has 2 atom stereocenters. The lowest BCUT2D eigenvalue weighted by molar-refractivity contribution is -0.124. The Morgan fingerprint density at radius 2 is 1.84 bits per heavy atom. The van der Waals surface area contributed by atoms with Gasteiger partial charge in [-0.05, 0) is 64.7 Å². The Hall–Kier alpha value is -1.81. The monoisotopic (exact) mass is 454 g/mol. The van der Waals surface area contributed by atoms with Gasteiger partial charge in [0.1, 0.15) is 6.04 Å². The summed E-state index contributed by atoms with van der Waals surface area (Å²) in [7, 11) is 0.738. The zero-order valence-corrected chi connectivity index (χ0v) is 19.5. The van der Waals surface area contributed by atoms with Crippen LogP contribution in [0.5, 0.6) is 0 Å². The van der Waals surface area contributed by atoms with E-state index in [1.54, 1.807) is 0 Å². The molecule has 0 aromatic heterocycles. The van der Waals surface area contributed by atoms with Crippen molar-refractivity contribution in [1.29, 1.82) is 0 Å². The van der Waals surface area contributed by atoms with E-state index in [9.17, 15) is 9.59 Å². The predicted molar refractivity (Wildman–Crippen MR) is 119 cm³/mol.